The van der Waals surface area contributed by atoms with Gasteiger partial charge in [0.2, 0.25) is 5.91 Å². The van der Waals surface area contributed by atoms with E-state index in [-0.39, 0.29) is 24.3 Å². The fraction of sp³-hybridized carbons (Fsp3) is 0.429. The first kappa shape index (κ1) is 13.9. The van der Waals surface area contributed by atoms with Crippen LogP contribution in [0.15, 0.2) is 24.3 Å². The molecule has 1 amide bonds. The number of carboxylic acid groups (broad SMARTS) is 1. The molecule has 102 valence electrons. The summed E-state index contributed by atoms with van der Waals surface area (Å²) in [4.78, 5) is 24.3. The minimum absolute atomic E-state index is 0.0742. The lowest BCUT2D eigenvalue weighted by Crippen LogP contribution is -2.36. The number of aliphatic carboxylic acids is 1. The van der Waals surface area contributed by atoms with Crippen molar-refractivity contribution in [2.24, 2.45) is 5.92 Å². The van der Waals surface area contributed by atoms with Gasteiger partial charge in [0.15, 0.2) is 0 Å². The summed E-state index contributed by atoms with van der Waals surface area (Å²) in [6.45, 7) is 1.98. The fourth-order valence-corrected chi connectivity index (χ4v) is 2.52. The van der Waals surface area contributed by atoms with E-state index in [2.05, 4.69) is 0 Å². The van der Waals surface area contributed by atoms with E-state index >= 15 is 0 Å². The van der Waals surface area contributed by atoms with Crippen LogP contribution in [0, 0.1) is 5.92 Å². The molecule has 2 rings (SSSR count). The van der Waals surface area contributed by atoms with Crippen LogP contribution in [0.5, 0.6) is 0 Å². The van der Waals surface area contributed by atoms with Crippen molar-refractivity contribution >= 4 is 23.5 Å². The van der Waals surface area contributed by atoms with Gasteiger partial charge in [-0.2, -0.15) is 0 Å². The van der Waals surface area contributed by atoms with E-state index in [9.17, 15) is 9.59 Å². The zero-order valence-corrected chi connectivity index (χ0v) is 11.4. The number of benzene rings is 1. The zero-order valence-electron chi connectivity index (χ0n) is 10.7. The summed E-state index contributed by atoms with van der Waals surface area (Å²) < 4.78 is 0. The smallest absolute Gasteiger partial charge is 0.323 e. The summed E-state index contributed by atoms with van der Waals surface area (Å²) >= 11 is 5.93. The first-order chi connectivity index (χ1) is 9.02. The fourth-order valence-electron chi connectivity index (χ4n) is 2.32. The molecular weight excluding hydrogens is 266 g/mol. The minimum atomic E-state index is -0.977. The van der Waals surface area contributed by atoms with Crippen molar-refractivity contribution in [3.63, 3.8) is 0 Å². The zero-order chi connectivity index (χ0) is 14.0. The third-order valence-corrected chi connectivity index (χ3v) is 3.64. The predicted octanol–water partition coefficient (Wildman–Crippen LogP) is 2.38. The molecule has 1 aromatic carbocycles. The number of carbonyl (C=O) groups excluding carboxylic acids is 1. The SMILES string of the molecule is CCN(CC(=O)O)C(=O)[C@@H]1C[C@H]1c1cccc(Cl)c1. The molecule has 1 N–H and O–H groups in total. The summed E-state index contributed by atoms with van der Waals surface area (Å²) in [6, 6.07) is 7.49. The topological polar surface area (TPSA) is 57.6 Å². The molecule has 5 heteroatoms. The molecule has 0 aliphatic heterocycles. The van der Waals surface area contributed by atoms with Crippen LogP contribution in [-0.4, -0.2) is 35.0 Å². The number of rotatable bonds is 5. The van der Waals surface area contributed by atoms with Gasteiger partial charge in [0.25, 0.3) is 0 Å². The number of halogens is 1. The van der Waals surface area contributed by atoms with Crippen molar-refractivity contribution in [1.29, 1.82) is 0 Å². The Morgan fingerprint density at radius 1 is 1.47 bits per heavy atom. The number of carboxylic acids is 1. The third kappa shape index (κ3) is 3.26. The Labute approximate surface area is 117 Å². The molecule has 4 nitrogen and oxygen atoms in total. The summed E-state index contributed by atoms with van der Waals surface area (Å²) in [5, 5.41) is 9.43. The molecule has 1 aliphatic carbocycles. The highest BCUT2D eigenvalue weighted by Gasteiger charge is 2.45. The van der Waals surface area contributed by atoms with Crippen LogP contribution in [0.3, 0.4) is 0 Å². The van der Waals surface area contributed by atoms with Gasteiger partial charge >= 0.3 is 5.97 Å². The molecule has 0 radical (unpaired) electrons. The van der Waals surface area contributed by atoms with Gasteiger partial charge < -0.3 is 10.0 Å². The van der Waals surface area contributed by atoms with Crippen molar-refractivity contribution in [2.75, 3.05) is 13.1 Å². The maximum absolute atomic E-state index is 12.2. The van der Waals surface area contributed by atoms with Crippen molar-refractivity contribution in [2.45, 2.75) is 19.3 Å². The minimum Gasteiger partial charge on any atom is -0.480 e. The summed E-state index contributed by atoms with van der Waals surface area (Å²) in [5.74, 6) is -0.975. The van der Waals surface area contributed by atoms with E-state index in [0.717, 1.165) is 12.0 Å². The maximum atomic E-state index is 12.2. The first-order valence-electron chi connectivity index (χ1n) is 6.29. The van der Waals surface area contributed by atoms with E-state index < -0.39 is 5.97 Å². The number of carbonyl (C=O) groups is 2. The molecule has 1 aliphatic rings. The van der Waals surface area contributed by atoms with Crippen molar-refractivity contribution < 1.29 is 14.7 Å². The van der Waals surface area contributed by atoms with E-state index in [1.165, 1.54) is 4.90 Å². The van der Waals surface area contributed by atoms with Crippen LogP contribution in [0.2, 0.25) is 5.02 Å². The molecule has 0 aromatic heterocycles. The number of hydrogen-bond acceptors (Lipinski definition) is 2. The van der Waals surface area contributed by atoms with Crippen LogP contribution in [0.1, 0.15) is 24.8 Å². The Bertz CT molecular complexity index is 503. The number of likely N-dealkylation sites (N-methyl/N-ethyl adjacent to an activating group) is 1. The summed E-state index contributed by atoms with van der Waals surface area (Å²) in [7, 11) is 0. The Kier molecular flexibility index (Phi) is 4.10. The highest BCUT2D eigenvalue weighted by molar-refractivity contribution is 6.30. The van der Waals surface area contributed by atoms with Gasteiger partial charge in [0.1, 0.15) is 6.54 Å². The summed E-state index contributed by atoms with van der Waals surface area (Å²) in [6.07, 6.45) is 0.773. The van der Waals surface area contributed by atoms with Gasteiger partial charge in [-0.25, -0.2) is 0 Å². The molecule has 0 unspecified atom stereocenters. The molecule has 0 bridgehead atoms. The molecular formula is C14H16ClNO3. The summed E-state index contributed by atoms with van der Waals surface area (Å²) in [5.41, 5.74) is 1.05. The lowest BCUT2D eigenvalue weighted by Gasteiger charge is -2.18. The molecule has 1 saturated carbocycles. The lowest BCUT2D eigenvalue weighted by molar-refractivity contribution is -0.144. The molecule has 1 fully saturated rings. The highest BCUT2D eigenvalue weighted by atomic mass is 35.5. The van der Waals surface area contributed by atoms with Crippen molar-refractivity contribution in [1.82, 2.24) is 4.90 Å². The van der Waals surface area contributed by atoms with Gasteiger partial charge in [-0.05, 0) is 37.0 Å². The van der Waals surface area contributed by atoms with Crippen molar-refractivity contribution in [3.05, 3.63) is 34.9 Å². The maximum Gasteiger partial charge on any atom is 0.323 e. The van der Waals surface area contributed by atoms with E-state index in [0.29, 0.717) is 11.6 Å². The van der Waals surface area contributed by atoms with Crippen molar-refractivity contribution in [3.8, 4) is 0 Å². The molecule has 0 heterocycles. The van der Waals surface area contributed by atoms with E-state index in [1.807, 2.05) is 18.2 Å². The van der Waals surface area contributed by atoms with Crippen LogP contribution in [-0.2, 0) is 9.59 Å². The predicted molar refractivity (Wildman–Crippen MR) is 72.2 cm³/mol. The average molecular weight is 282 g/mol. The molecule has 0 spiro atoms. The van der Waals surface area contributed by atoms with Crippen LogP contribution >= 0.6 is 11.6 Å². The molecule has 19 heavy (non-hydrogen) atoms. The lowest BCUT2D eigenvalue weighted by atomic mass is 10.1. The first-order valence-corrected chi connectivity index (χ1v) is 6.66. The normalized spacial score (nSPS) is 20.9. The second-order valence-electron chi connectivity index (χ2n) is 4.75. The van der Waals surface area contributed by atoms with E-state index in [1.54, 1.807) is 13.0 Å². The standard InChI is InChI=1S/C14H16ClNO3/c1-2-16(8-13(17)18)14(19)12-7-11(12)9-4-3-5-10(15)6-9/h3-6,11-12H,2,7-8H2,1H3,(H,17,18)/t11-,12+/m0/s1. The number of hydrogen-bond donors (Lipinski definition) is 1. The molecule has 1 aromatic rings. The van der Waals surface area contributed by atoms with Gasteiger partial charge in [0, 0.05) is 17.5 Å². The monoisotopic (exact) mass is 281 g/mol. The third-order valence-electron chi connectivity index (χ3n) is 3.40. The van der Waals surface area contributed by atoms with Gasteiger partial charge in [-0.1, -0.05) is 23.7 Å². The quantitative estimate of drug-likeness (QED) is 0.901. The number of amides is 1. The molecule has 0 saturated heterocycles. The highest BCUT2D eigenvalue weighted by Crippen LogP contribution is 2.48. The molecule has 2 atom stereocenters. The van der Waals surface area contributed by atoms with Crippen LogP contribution in [0.4, 0.5) is 0 Å². The Morgan fingerprint density at radius 3 is 2.79 bits per heavy atom. The Hall–Kier alpha value is -1.55. The van der Waals surface area contributed by atoms with Gasteiger partial charge in [-0.15, -0.1) is 0 Å². The van der Waals surface area contributed by atoms with Crippen LogP contribution in [0.25, 0.3) is 0 Å². The Morgan fingerprint density at radius 2 is 2.21 bits per heavy atom. The largest absolute Gasteiger partial charge is 0.480 e. The van der Waals surface area contributed by atoms with Gasteiger partial charge in [0.05, 0.1) is 0 Å². The Balaban J connectivity index is 2.02. The second kappa shape index (κ2) is 5.61. The number of nitrogens with zero attached hydrogens (tertiary/aromatic N) is 1. The van der Waals surface area contributed by atoms with Gasteiger partial charge in [-0.3, -0.25) is 9.59 Å². The van der Waals surface area contributed by atoms with E-state index in [4.69, 9.17) is 16.7 Å². The second-order valence-corrected chi connectivity index (χ2v) is 5.19. The average Bonchev–Trinajstić information content (AvgIpc) is 3.15. The van der Waals surface area contributed by atoms with Crippen LogP contribution < -0.4 is 0 Å².